The van der Waals surface area contributed by atoms with Crippen molar-refractivity contribution in [3.63, 3.8) is 0 Å². The summed E-state index contributed by atoms with van der Waals surface area (Å²) in [5, 5.41) is 15.3. The number of imide groups is 1. The Bertz CT molecular complexity index is 873. The first kappa shape index (κ1) is 21.9. The molecule has 0 aromatic heterocycles. The van der Waals surface area contributed by atoms with Crippen LogP contribution in [0.1, 0.15) is 12.5 Å². The van der Waals surface area contributed by atoms with Gasteiger partial charge in [-0.25, -0.2) is 4.79 Å². The van der Waals surface area contributed by atoms with Crippen molar-refractivity contribution in [2.24, 2.45) is 0 Å². The Morgan fingerprint density at radius 3 is 2.38 bits per heavy atom. The minimum absolute atomic E-state index is 0.0484. The van der Waals surface area contributed by atoms with Crippen LogP contribution in [0.25, 0.3) is 0 Å². The molecule has 0 aliphatic carbocycles. The number of nitrogens with zero attached hydrogens (tertiary/aromatic N) is 1. The number of carbonyl (C=O) groups excluding carboxylic acids is 3. The van der Waals surface area contributed by atoms with Crippen molar-refractivity contribution >= 4 is 35.4 Å². The Morgan fingerprint density at radius 2 is 1.76 bits per heavy atom. The van der Waals surface area contributed by atoms with Gasteiger partial charge in [0.1, 0.15) is 0 Å². The summed E-state index contributed by atoms with van der Waals surface area (Å²) in [7, 11) is 0. The highest BCUT2D eigenvalue weighted by atomic mass is 32.2. The van der Waals surface area contributed by atoms with Crippen molar-refractivity contribution in [2.75, 3.05) is 5.75 Å². The molecule has 1 atom stereocenters. The maximum Gasteiger partial charge on any atom is 0.321 e. The minimum atomic E-state index is -1.15. The number of benzene rings is 2. The van der Waals surface area contributed by atoms with Gasteiger partial charge in [-0.15, -0.1) is 11.8 Å². The van der Waals surface area contributed by atoms with Crippen LogP contribution in [0.5, 0.6) is 0 Å². The van der Waals surface area contributed by atoms with Crippen LogP contribution in [0.15, 0.2) is 59.5 Å². The molecule has 10 heteroatoms. The van der Waals surface area contributed by atoms with Crippen LogP contribution < -0.4 is 10.6 Å². The lowest BCUT2D eigenvalue weighted by Crippen LogP contribution is -2.44. The smallest absolute Gasteiger partial charge is 0.321 e. The van der Waals surface area contributed by atoms with Crippen molar-refractivity contribution in [1.82, 2.24) is 10.6 Å². The lowest BCUT2D eigenvalue weighted by molar-refractivity contribution is -0.384. The molecule has 0 aliphatic heterocycles. The van der Waals surface area contributed by atoms with Gasteiger partial charge in [-0.1, -0.05) is 30.3 Å². The molecule has 0 bridgehead atoms. The number of carbonyl (C=O) groups is 3. The van der Waals surface area contributed by atoms with Gasteiger partial charge in [0.2, 0.25) is 0 Å². The summed E-state index contributed by atoms with van der Waals surface area (Å²) in [6.45, 7) is 1.61. The lowest BCUT2D eigenvalue weighted by Gasteiger charge is -2.13. The molecule has 0 saturated carbocycles. The predicted octanol–water partition coefficient (Wildman–Crippen LogP) is 2.64. The van der Waals surface area contributed by atoms with E-state index >= 15 is 0 Å². The molecule has 3 amide bonds. The van der Waals surface area contributed by atoms with Crippen molar-refractivity contribution in [1.29, 1.82) is 0 Å². The Hall–Kier alpha value is -3.40. The number of amides is 3. The number of esters is 1. The van der Waals surface area contributed by atoms with Crippen LogP contribution in [-0.4, -0.2) is 34.7 Å². The van der Waals surface area contributed by atoms with Crippen molar-refractivity contribution in [3.05, 3.63) is 70.3 Å². The topological polar surface area (TPSA) is 128 Å². The molecule has 0 heterocycles. The SMILES string of the molecule is C[C@@H](OC(=O)CSc1ccc([N+](=O)[O-])cc1)C(=O)NC(=O)NCc1ccccc1. The van der Waals surface area contributed by atoms with Crippen LogP contribution in [0.2, 0.25) is 0 Å². The van der Waals surface area contributed by atoms with E-state index in [9.17, 15) is 24.5 Å². The number of urea groups is 1. The number of non-ortho nitro benzene ring substituents is 1. The third kappa shape index (κ3) is 7.62. The molecule has 9 nitrogen and oxygen atoms in total. The second-order valence-electron chi connectivity index (χ2n) is 5.83. The van der Waals surface area contributed by atoms with E-state index in [-0.39, 0.29) is 18.0 Å². The second kappa shape index (κ2) is 10.8. The zero-order valence-corrected chi connectivity index (χ0v) is 16.3. The van der Waals surface area contributed by atoms with Gasteiger partial charge in [-0.2, -0.15) is 0 Å². The fourth-order valence-corrected chi connectivity index (χ4v) is 2.81. The molecule has 0 fully saturated rings. The van der Waals surface area contributed by atoms with Crippen LogP contribution in [0, 0.1) is 10.1 Å². The highest BCUT2D eigenvalue weighted by Gasteiger charge is 2.20. The average Bonchev–Trinajstić information content (AvgIpc) is 2.71. The molecule has 152 valence electrons. The maximum absolute atomic E-state index is 12.0. The van der Waals surface area contributed by atoms with E-state index in [2.05, 4.69) is 10.6 Å². The number of hydrogen-bond acceptors (Lipinski definition) is 7. The largest absolute Gasteiger partial charge is 0.452 e. The van der Waals surface area contributed by atoms with Crippen molar-refractivity contribution in [2.45, 2.75) is 24.5 Å². The molecule has 0 unspecified atom stereocenters. The van der Waals surface area contributed by atoms with Gasteiger partial charge in [0.05, 0.1) is 10.7 Å². The van der Waals surface area contributed by atoms with Gasteiger partial charge in [0.25, 0.3) is 11.6 Å². The van der Waals surface area contributed by atoms with Crippen molar-refractivity contribution < 1.29 is 24.0 Å². The van der Waals surface area contributed by atoms with E-state index in [0.717, 1.165) is 17.3 Å². The van der Waals surface area contributed by atoms with E-state index in [4.69, 9.17) is 4.74 Å². The quantitative estimate of drug-likeness (QED) is 0.292. The van der Waals surface area contributed by atoms with Crippen LogP contribution in [0.4, 0.5) is 10.5 Å². The lowest BCUT2D eigenvalue weighted by atomic mass is 10.2. The number of ether oxygens (including phenoxy) is 1. The first-order valence-corrected chi connectivity index (χ1v) is 9.53. The standard InChI is InChI=1S/C19H19N3O6S/c1-13(18(24)21-19(25)20-11-14-5-3-2-4-6-14)28-17(23)12-29-16-9-7-15(8-10-16)22(26)27/h2-10,13H,11-12H2,1H3,(H2,20,21,24,25)/t13-/m1/s1. The summed E-state index contributed by atoms with van der Waals surface area (Å²) in [6, 6.07) is 14.2. The first-order valence-electron chi connectivity index (χ1n) is 8.54. The van der Waals surface area contributed by atoms with Gasteiger partial charge < -0.3 is 10.1 Å². The zero-order valence-electron chi connectivity index (χ0n) is 15.5. The highest BCUT2D eigenvalue weighted by molar-refractivity contribution is 8.00. The van der Waals surface area contributed by atoms with Gasteiger partial charge in [0.15, 0.2) is 6.10 Å². The molecular weight excluding hydrogens is 398 g/mol. The van der Waals surface area contributed by atoms with Gasteiger partial charge in [-0.3, -0.25) is 25.0 Å². The molecule has 2 rings (SSSR count). The predicted molar refractivity (Wildman–Crippen MR) is 106 cm³/mol. The van der Waals surface area contributed by atoms with E-state index in [1.54, 1.807) is 0 Å². The third-order valence-electron chi connectivity index (χ3n) is 3.61. The average molecular weight is 417 g/mol. The van der Waals surface area contributed by atoms with Crippen molar-refractivity contribution in [3.8, 4) is 0 Å². The minimum Gasteiger partial charge on any atom is -0.452 e. The molecule has 2 N–H and O–H groups in total. The molecule has 0 radical (unpaired) electrons. The van der Waals surface area contributed by atoms with E-state index in [1.807, 2.05) is 30.3 Å². The Balaban J connectivity index is 1.71. The van der Waals surface area contributed by atoms with E-state index in [1.165, 1.54) is 31.2 Å². The summed E-state index contributed by atoms with van der Waals surface area (Å²) < 4.78 is 5.00. The zero-order chi connectivity index (χ0) is 21.2. The Kier molecular flexibility index (Phi) is 8.16. The monoisotopic (exact) mass is 417 g/mol. The summed E-state index contributed by atoms with van der Waals surface area (Å²) in [5.74, 6) is -1.49. The molecular formula is C19H19N3O6S. The van der Waals surface area contributed by atoms with Gasteiger partial charge in [0, 0.05) is 23.6 Å². The maximum atomic E-state index is 12.0. The molecule has 2 aromatic carbocycles. The number of thioether (sulfide) groups is 1. The van der Waals surface area contributed by atoms with Crippen LogP contribution in [0.3, 0.4) is 0 Å². The molecule has 29 heavy (non-hydrogen) atoms. The normalized spacial score (nSPS) is 11.2. The summed E-state index contributed by atoms with van der Waals surface area (Å²) in [4.78, 5) is 46.3. The first-order chi connectivity index (χ1) is 13.8. The number of nitro groups is 1. The summed E-state index contributed by atoms with van der Waals surface area (Å²) in [5.41, 5.74) is 0.825. The second-order valence-corrected chi connectivity index (χ2v) is 6.88. The van der Waals surface area contributed by atoms with Crippen LogP contribution in [-0.2, 0) is 20.9 Å². The summed E-state index contributed by atoms with van der Waals surface area (Å²) >= 11 is 1.11. The third-order valence-corrected chi connectivity index (χ3v) is 4.60. The fraction of sp³-hybridized carbons (Fsp3) is 0.211. The molecule has 2 aromatic rings. The van der Waals surface area contributed by atoms with Gasteiger partial charge >= 0.3 is 12.0 Å². The van der Waals surface area contributed by atoms with Crippen LogP contribution >= 0.6 is 11.8 Å². The molecule has 0 saturated heterocycles. The molecule has 0 aliphatic rings. The van der Waals surface area contributed by atoms with Gasteiger partial charge in [-0.05, 0) is 24.6 Å². The number of nitro benzene ring substituents is 1. The Morgan fingerprint density at radius 1 is 1.10 bits per heavy atom. The molecule has 0 spiro atoms. The van der Waals surface area contributed by atoms with E-state index in [0.29, 0.717) is 4.90 Å². The Labute approximate surface area is 171 Å². The summed E-state index contributed by atoms with van der Waals surface area (Å²) in [6.07, 6.45) is -1.15. The number of nitrogens with one attached hydrogen (secondary N) is 2. The highest BCUT2D eigenvalue weighted by Crippen LogP contribution is 2.21. The number of hydrogen-bond donors (Lipinski definition) is 2. The van der Waals surface area contributed by atoms with E-state index < -0.39 is 28.9 Å². The fourth-order valence-electron chi connectivity index (χ4n) is 2.13. The number of rotatable bonds is 8.